The summed E-state index contributed by atoms with van der Waals surface area (Å²) in [4.78, 5) is 27.1. The maximum absolute atomic E-state index is 12.9. The highest BCUT2D eigenvalue weighted by atomic mass is 16.3. The number of hydrogen-bond donors (Lipinski definition) is 0. The lowest BCUT2D eigenvalue weighted by atomic mass is 10.1. The van der Waals surface area contributed by atoms with E-state index >= 15 is 0 Å². The fourth-order valence-electron chi connectivity index (χ4n) is 3.56. The third kappa shape index (κ3) is 3.83. The first-order valence-electron chi connectivity index (χ1n) is 10.1. The van der Waals surface area contributed by atoms with Gasteiger partial charge in [0.1, 0.15) is 23.4 Å². The van der Waals surface area contributed by atoms with Gasteiger partial charge in [-0.15, -0.1) is 5.10 Å². The van der Waals surface area contributed by atoms with E-state index in [0.717, 1.165) is 46.2 Å². The Kier molecular flexibility index (Phi) is 5.61. The van der Waals surface area contributed by atoms with Crippen molar-refractivity contribution < 1.29 is 9.21 Å². The van der Waals surface area contributed by atoms with Crippen molar-refractivity contribution >= 4 is 27.8 Å². The zero-order valence-electron chi connectivity index (χ0n) is 17.2. The molecule has 0 unspecified atom stereocenters. The van der Waals surface area contributed by atoms with Crippen molar-refractivity contribution in [1.29, 1.82) is 0 Å². The zero-order valence-corrected chi connectivity index (χ0v) is 17.2. The lowest BCUT2D eigenvalue weighted by Crippen LogP contribution is -2.35. The van der Waals surface area contributed by atoms with Crippen molar-refractivity contribution in [3.63, 3.8) is 0 Å². The first-order valence-corrected chi connectivity index (χ1v) is 10.1. The second kappa shape index (κ2) is 8.49. The monoisotopic (exact) mass is 404 g/mol. The van der Waals surface area contributed by atoms with Crippen molar-refractivity contribution in [2.24, 2.45) is 0 Å². The Morgan fingerprint density at radius 3 is 2.63 bits per heavy atom. The smallest absolute Gasteiger partial charge is 0.278 e. The highest BCUT2D eigenvalue weighted by molar-refractivity contribution is 5.83. The van der Waals surface area contributed by atoms with Crippen LogP contribution in [0.2, 0.25) is 0 Å². The van der Waals surface area contributed by atoms with Gasteiger partial charge in [-0.3, -0.25) is 9.59 Å². The molecule has 0 spiro atoms. The fraction of sp³-hybridized carbons (Fsp3) is 0.304. The van der Waals surface area contributed by atoms with E-state index in [0.29, 0.717) is 17.4 Å². The van der Waals surface area contributed by atoms with Crippen LogP contribution in [0, 0.1) is 0 Å². The number of para-hydroxylation sites is 1. The summed E-state index contributed by atoms with van der Waals surface area (Å²) in [6, 6.07) is 14.9. The maximum Gasteiger partial charge on any atom is 0.278 e. The highest BCUT2D eigenvalue weighted by Gasteiger charge is 2.19. The van der Waals surface area contributed by atoms with Gasteiger partial charge in [0, 0.05) is 31.0 Å². The number of fused-ring (bicyclic) bond motifs is 2. The molecule has 0 bridgehead atoms. The number of carbonyl (C=O) groups excluding carboxylic acids is 1. The van der Waals surface area contributed by atoms with Crippen LogP contribution >= 0.6 is 0 Å². The van der Waals surface area contributed by atoms with E-state index in [2.05, 4.69) is 17.2 Å². The molecule has 30 heavy (non-hydrogen) atoms. The number of amides is 1. The van der Waals surface area contributed by atoms with E-state index in [-0.39, 0.29) is 18.0 Å². The minimum atomic E-state index is -0.320. The van der Waals surface area contributed by atoms with Crippen LogP contribution in [0.4, 0.5) is 0 Å². The third-order valence-electron chi connectivity index (χ3n) is 5.27. The summed E-state index contributed by atoms with van der Waals surface area (Å²) in [7, 11) is 1.73. The number of carbonyl (C=O) groups is 1. The molecule has 2 heterocycles. The highest BCUT2D eigenvalue weighted by Crippen LogP contribution is 2.28. The Morgan fingerprint density at radius 2 is 1.83 bits per heavy atom. The molecule has 0 radical (unpaired) electrons. The normalized spacial score (nSPS) is 11.3. The molecule has 4 aromatic rings. The average molecular weight is 404 g/mol. The van der Waals surface area contributed by atoms with Crippen LogP contribution in [0.5, 0.6) is 0 Å². The predicted octanol–water partition coefficient (Wildman–Crippen LogP) is 3.54. The van der Waals surface area contributed by atoms with Gasteiger partial charge in [0.2, 0.25) is 5.91 Å². The second-order valence-corrected chi connectivity index (χ2v) is 7.42. The quantitative estimate of drug-likeness (QED) is 0.471. The van der Waals surface area contributed by atoms with Gasteiger partial charge in [0.15, 0.2) is 0 Å². The third-order valence-corrected chi connectivity index (χ3v) is 5.27. The number of unbranched alkanes of at least 4 members (excludes halogenated alkanes) is 1. The summed E-state index contributed by atoms with van der Waals surface area (Å²) in [5, 5.41) is 9.44. The molecular formula is C23H24N4O3. The lowest BCUT2D eigenvalue weighted by molar-refractivity contribution is -0.131. The Balaban J connectivity index is 1.57. The molecule has 154 valence electrons. The predicted molar refractivity (Wildman–Crippen MR) is 115 cm³/mol. The zero-order chi connectivity index (χ0) is 21.1. The number of furan rings is 1. The Hall–Kier alpha value is -3.48. The Bertz CT molecular complexity index is 1260. The summed E-state index contributed by atoms with van der Waals surface area (Å²) in [6.07, 6.45) is 2.92. The van der Waals surface area contributed by atoms with Crippen LogP contribution in [0.15, 0.2) is 57.7 Å². The summed E-state index contributed by atoms with van der Waals surface area (Å²) in [5.41, 5.74) is 2.05. The minimum absolute atomic E-state index is 0.159. The largest absolute Gasteiger partial charge is 0.461 e. The van der Waals surface area contributed by atoms with Crippen molar-refractivity contribution in [1.82, 2.24) is 19.9 Å². The van der Waals surface area contributed by atoms with Gasteiger partial charge in [-0.05, 0) is 24.6 Å². The number of nitrogens with zero attached hydrogens (tertiary/aromatic N) is 4. The average Bonchev–Trinajstić information content (AvgIpc) is 3.11. The van der Waals surface area contributed by atoms with Gasteiger partial charge in [-0.1, -0.05) is 48.9 Å². The van der Waals surface area contributed by atoms with E-state index in [1.165, 1.54) is 0 Å². The molecule has 0 aliphatic carbocycles. The molecule has 0 N–H and O–H groups in total. The van der Waals surface area contributed by atoms with Crippen molar-refractivity contribution in [3.05, 3.63) is 70.2 Å². The van der Waals surface area contributed by atoms with Crippen LogP contribution in [-0.4, -0.2) is 32.8 Å². The summed E-state index contributed by atoms with van der Waals surface area (Å²) in [5.74, 6) is 0.703. The molecule has 7 heteroatoms. The molecule has 0 aliphatic heterocycles. The Labute approximate surface area is 173 Å². The van der Waals surface area contributed by atoms with Gasteiger partial charge in [0.05, 0.1) is 5.39 Å². The summed E-state index contributed by atoms with van der Waals surface area (Å²) >= 11 is 0. The molecule has 0 fully saturated rings. The first kappa shape index (κ1) is 19.8. The number of aryl methyl sites for hydroxylation is 1. The van der Waals surface area contributed by atoms with E-state index < -0.39 is 0 Å². The van der Waals surface area contributed by atoms with Crippen LogP contribution in [0.3, 0.4) is 0 Å². The summed E-state index contributed by atoms with van der Waals surface area (Å²) < 4.78 is 7.17. The van der Waals surface area contributed by atoms with Crippen molar-refractivity contribution in [3.8, 4) is 0 Å². The van der Waals surface area contributed by atoms with Gasteiger partial charge in [-0.25, -0.2) is 4.68 Å². The van der Waals surface area contributed by atoms with Gasteiger partial charge < -0.3 is 9.32 Å². The molecule has 1 amide bonds. The summed E-state index contributed by atoms with van der Waals surface area (Å²) in [6.45, 7) is 2.39. The van der Waals surface area contributed by atoms with Crippen LogP contribution in [-0.2, 0) is 24.3 Å². The molecule has 0 saturated carbocycles. The minimum Gasteiger partial charge on any atom is -0.461 e. The molecule has 0 saturated heterocycles. The number of likely N-dealkylation sites (N-methyl/N-ethyl adjacent to an activating group) is 1. The number of aromatic nitrogens is 3. The molecule has 4 rings (SSSR count). The molecule has 7 nitrogen and oxygen atoms in total. The fourth-order valence-corrected chi connectivity index (χ4v) is 3.56. The van der Waals surface area contributed by atoms with Crippen molar-refractivity contribution in [2.45, 2.75) is 39.3 Å². The second-order valence-electron chi connectivity index (χ2n) is 7.42. The standard InChI is InChI=1S/C23H24N4O3/c1-3-4-12-21-18(16-9-6-8-13-20(16)30-21)14-26(2)22(28)15-27-23(29)17-10-5-7-11-19(17)24-25-27/h5-11,13H,3-4,12,14-15H2,1-2H3. The van der Waals surface area contributed by atoms with Gasteiger partial charge in [0.25, 0.3) is 5.56 Å². The molecule has 0 aliphatic rings. The Morgan fingerprint density at radius 1 is 1.10 bits per heavy atom. The topological polar surface area (TPSA) is 81.2 Å². The van der Waals surface area contributed by atoms with Crippen LogP contribution < -0.4 is 5.56 Å². The number of benzene rings is 2. The number of rotatable bonds is 7. The molecule has 2 aromatic carbocycles. The van der Waals surface area contributed by atoms with E-state index in [4.69, 9.17) is 4.42 Å². The molecule has 2 aromatic heterocycles. The van der Waals surface area contributed by atoms with E-state index in [1.807, 2.05) is 24.3 Å². The first-order chi connectivity index (χ1) is 14.6. The van der Waals surface area contributed by atoms with Crippen LogP contribution in [0.1, 0.15) is 31.1 Å². The number of hydrogen-bond acceptors (Lipinski definition) is 5. The van der Waals surface area contributed by atoms with Crippen molar-refractivity contribution in [2.75, 3.05) is 7.05 Å². The van der Waals surface area contributed by atoms with Crippen LogP contribution in [0.25, 0.3) is 21.9 Å². The SMILES string of the molecule is CCCCc1oc2ccccc2c1CN(C)C(=O)Cn1nnc2ccccc2c1=O. The van der Waals surface area contributed by atoms with Gasteiger partial charge in [-0.2, -0.15) is 0 Å². The molecule has 0 atom stereocenters. The van der Waals surface area contributed by atoms with E-state index in [9.17, 15) is 9.59 Å². The molecular weight excluding hydrogens is 380 g/mol. The van der Waals surface area contributed by atoms with E-state index in [1.54, 1.807) is 36.2 Å². The lowest BCUT2D eigenvalue weighted by Gasteiger charge is -2.17. The van der Waals surface area contributed by atoms with Gasteiger partial charge >= 0.3 is 0 Å². The maximum atomic E-state index is 12.9.